The molecule has 0 saturated carbocycles. The average Bonchev–Trinajstić information content (AvgIpc) is 3.34. The Hall–Kier alpha value is -4.21. The number of imidazole rings is 1. The lowest BCUT2D eigenvalue weighted by Crippen LogP contribution is -2.35. The summed E-state index contributed by atoms with van der Waals surface area (Å²) in [6.07, 6.45) is 3.94. The van der Waals surface area contributed by atoms with Crippen molar-refractivity contribution in [1.82, 2.24) is 19.6 Å². The summed E-state index contributed by atoms with van der Waals surface area (Å²) in [5, 5.41) is 12.5. The number of ether oxygens (including phenoxy) is 1. The number of carbonyl (C=O) groups excluding carboxylic acids is 1. The van der Waals surface area contributed by atoms with E-state index in [1.54, 1.807) is 0 Å². The standard InChI is InChI=1S/C27H29N5O2.CH2O2/c1-2-28-27(33)30-24-8-4-7-23(16-24)25-18-29-26-17-22(9-10-32(25)26)21-6-3-5-20(15-21)19-31-11-13-34-14-12-31;2-1-3/h3-10,15-18H,2,11-14,19H2,1H3,(H2,28,30,33);1H,(H,2,3). The summed E-state index contributed by atoms with van der Waals surface area (Å²) in [5.41, 5.74) is 7.22. The molecular weight excluding hydrogens is 470 g/mol. The molecule has 2 aromatic heterocycles. The lowest BCUT2D eigenvalue weighted by Gasteiger charge is -2.26. The molecule has 0 atom stereocenters. The van der Waals surface area contributed by atoms with Gasteiger partial charge in [0, 0.05) is 43.6 Å². The number of carboxylic acid groups (broad SMARTS) is 1. The predicted octanol–water partition coefficient (Wildman–Crippen LogP) is 4.34. The van der Waals surface area contributed by atoms with E-state index in [4.69, 9.17) is 14.6 Å². The van der Waals surface area contributed by atoms with E-state index in [2.05, 4.69) is 67.5 Å². The van der Waals surface area contributed by atoms with Crippen molar-refractivity contribution >= 4 is 23.8 Å². The van der Waals surface area contributed by atoms with E-state index in [9.17, 15) is 4.79 Å². The number of amides is 2. The van der Waals surface area contributed by atoms with E-state index in [-0.39, 0.29) is 12.5 Å². The SMILES string of the molecule is CCNC(=O)Nc1cccc(-c2cnc3cc(-c4cccc(CN5CCOCC5)c4)ccn23)c1.O=CO. The molecule has 1 saturated heterocycles. The third kappa shape index (κ3) is 6.72. The van der Waals surface area contributed by atoms with E-state index in [0.29, 0.717) is 6.54 Å². The Morgan fingerprint density at radius 1 is 1.05 bits per heavy atom. The lowest BCUT2D eigenvalue weighted by molar-refractivity contribution is -0.122. The summed E-state index contributed by atoms with van der Waals surface area (Å²) in [6, 6.07) is 20.6. The van der Waals surface area contributed by atoms with Crippen LogP contribution in [0.5, 0.6) is 0 Å². The zero-order valence-corrected chi connectivity index (χ0v) is 20.8. The molecule has 0 bridgehead atoms. The molecule has 0 aliphatic carbocycles. The summed E-state index contributed by atoms with van der Waals surface area (Å²) in [5.74, 6) is 0. The second-order valence-electron chi connectivity index (χ2n) is 8.55. The average molecular weight is 502 g/mol. The minimum absolute atomic E-state index is 0.210. The number of carbonyl (C=O) groups is 2. The first-order valence-electron chi connectivity index (χ1n) is 12.2. The van der Waals surface area contributed by atoms with Crippen molar-refractivity contribution in [2.45, 2.75) is 13.5 Å². The van der Waals surface area contributed by atoms with Gasteiger partial charge in [-0.2, -0.15) is 0 Å². The van der Waals surface area contributed by atoms with Gasteiger partial charge >= 0.3 is 6.03 Å². The summed E-state index contributed by atoms with van der Waals surface area (Å²) in [6.45, 7) is 6.74. The molecule has 3 N–H and O–H groups in total. The maximum Gasteiger partial charge on any atom is 0.319 e. The van der Waals surface area contributed by atoms with Crippen molar-refractivity contribution in [2.24, 2.45) is 0 Å². The van der Waals surface area contributed by atoms with Crippen molar-refractivity contribution in [1.29, 1.82) is 0 Å². The number of aromatic nitrogens is 2. The molecule has 3 heterocycles. The fourth-order valence-corrected chi connectivity index (χ4v) is 4.33. The van der Waals surface area contributed by atoms with Crippen LogP contribution in [0.25, 0.3) is 28.0 Å². The van der Waals surface area contributed by atoms with Crippen molar-refractivity contribution < 1.29 is 19.4 Å². The van der Waals surface area contributed by atoms with Crippen LogP contribution in [0.1, 0.15) is 12.5 Å². The molecule has 2 amide bonds. The Labute approximate surface area is 215 Å². The largest absolute Gasteiger partial charge is 0.483 e. The van der Waals surface area contributed by atoms with Crippen LogP contribution in [0, 0.1) is 0 Å². The van der Waals surface area contributed by atoms with Crippen LogP contribution < -0.4 is 10.6 Å². The van der Waals surface area contributed by atoms with Crippen LogP contribution in [0.15, 0.2) is 73.1 Å². The van der Waals surface area contributed by atoms with Crippen molar-refractivity contribution in [3.8, 4) is 22.4 Å². The number of rotatable bonds is 6. The molecule has 1 aliphatic heterocycles. The Kier molecular flexibility index (Phi) is 8.85. The van der Waals surface area contributed by atoms with E-state index in [1.807, 2.05) is 37.4 Å². The van der Waals surface area contributed by atoms with Crippen molar-refractivity contribution in [3.05, 3.63) is 78.6 Å². The number of hydrogen-bond donors (Lipinski definition) is 3. The molecular formula is C28H31N5O4. The summed E-state index contributed by atoms with van der Waals surface area (Å²) in [7, 11) is 0. The summed E-state index contributed by atoms with van der Waals surface area (Å²) >= 11 is 0. The molecule has 0 spiro atoms. The number of nitrogens with one attached hydrogen (secondary N) is 2. The number of urea groups is 1. The highest BCUT2D eigenvalue weighted by Crippen LogP contribution is 2.27. The number of hydrogen-bond acceptors (Lipinski definition) is 5. The number of nitrogens with zero attached hydrogens (tertiary/aromatic N) is 3. The van der Waals surface area contributed by atoms with E-state index in [1.165, 1.54) is 11.1 Å². The predicted molar refractivity (Wildman–Crippen MR) is 144 cm³/mol. The Balaban J connectivity index is 0.00000102. The molecule has 1 fully saturated rings. The molecule has 4 aromatic rings. The number of benzene rings is 2. The van der Waals surface area contributed by atoms with Gasteiger partial charge in [-0.3, -0.25) is 14.1 Å². The second-order valence-corrected chi connectivity index (χ2v) is 8.55. The van der Waals surface area contributed by atoms with Crippen LogP contribution in [0.3, 0.4) is 0 Å². The maximum absolute atomic E-state index is 11.9. The first kappa shape index (κ1) is 25.9. The maximum atomic E-state index is 11.9. The normalized spacial score (nSPS) is 13.4. The molecule has 192 valence electrons. The topological polar surface area (TPSA) is 108 Å². The molecule has 37 heavy (non-hydrogen) atoms. The number of pyridine rings is 1. The smallest absolute Gasteiger partial charge is 0.319 e. The zero-order chi connectivity index (χ0) is 26.0. The highest BCUT2D eigenvalue weighted by atomic mass is 16.5. The van der Waals surface area contributed by atoms with Gasteiger partial charge in [-0.15, -0.1) is 0 Å². The summed E-state index contributed by atoms with van der Waals surface area (Å²) < 4.78 is 7.54. The van der Waals surface area contributed by atoms with E-state index < -0.39 is 0 Å². The fourth-order valence-electron chi connectivity index (χ4n) is 4.33. The monoisotopic (exact) mass is 501 g/mol. The molecule has 1 aliphatic rings. The van der Waals surface area contributed by atoms with Gasteiger partial charge in [-0.25, -0.2) is 9.78 Å². The van der Waals surface area contributed by atoms with Crippen LogP contribution in [-0.2, 0) is 16.1 Å². The van der Waals surface area contributed by atoms with Gasteiger partial charge in [0.2, 0.25) is 0 Å². The third-order valence-electron chi connectivity index (χ3n) is 6.04. The van der Waals surface area contributed by atoms with Crippen LogP contribution >= 0.6 is 0 Å². The molecule has 5 rings (SSSR count). The van der Waals surface area contributed by atoms with Gasteiger partial charge < -0.3 is 20.5 Å². The lowest BCUT2D eigenvalue weighted by atomic mass is 10.0. The van der Waals surface area contributed by atoms with E-state index in [0.717, 1.165) is 61.0 Å². The summed E-state index contributed by atoms with van der Waals surface area (Å²) in [4.78, 5) is 27.3. The van der Waals surface area contributed by atoms with E-state index >= 15 is 0 Å². The van der Waals surface area contributed by atoms with Gasteiger partial charge in [0.15, 0.2) is 0 Å². The van der Waals surface area contributed by atoms with Gasteiger partial charge in [0.1, 0.15) is 5.65 Å². The highest BCUT2D eigenvalue weighted by Gasteiger charge is 2.12. The third-order valence-corrected chi connectivity index (χ3v) is 6.04. The Morgan fingerprint density at radius 2 is 1.78 bits per heavy atom. The molecule has 9 heteroatoms. The fraction of sp³-hybridized carbons (Fsp3) is 0.250. The zero-order valence-electron chi connectivity index (χ0n) is 20.8. The first-order chi connectivity index (χ1) is 18.1. The first-order valence-corrected chi connectivity index (χ1v) is 12.2. The highest BCUT2D eigenvalue weighted by molar-refractivity contribution is 5.90. The minimum atomic E-state index is -0.250. The van der Waals surface area contributed by atoms with Crippen LogP contribution in [-0.4, -0.2) is 64.7 Å². The molecule has 0 radical (unpaired) electrons. The minimum Gasteiger partial charge on any atom is -0.483 e. The number of morpholine rings is 1. The van der Waals surface area contributed by atoms with Crippen LogP contribution in [0.4, 0.5) is 10.5 Å². The van der Waals surface area contributed by atoms with Gasteiger partial charge in [0.25, 0.3) is 6.47 Å². The molecule has 2 aromatic carbocycles. The van der Waals surface area contributed by atoms with Crippen LogP contribution in [0.2, 0.25) is 0 Å². The second kappa shape index (κ2) is 12.7. The van der Waals surface area contributed by atoms with Crippen molar-refractivity contribution in [2.75, 3.05) is 38.2 Å². The Bertz CT molecular complexity index is 1350. The van der Waals surface area contributed by atoms with Gasteiger partial charge in [-0.05, 0) is 53.9 Å². The van der Waals surface area contributed by atoms with Gasteiger partial charge in [-0.1, -0.05) is 30.3 Å². The molecule has 0 unspecified atom stereocenters. The van der Waals surface area contributed by atoms with Crippen molar-refractivity contribution in [3.63, 3.8) is 0 Å². The van der Waals surface area contributed by atoms with Gasteiger partial charge in [0.05, 0.1) is 25.1 Å². The Morgan fingerprint density at radius 3 is 2.57 bits per heavy atom. The quantitative estimate of drug-likeness (QED) is 0.339. The number of anilines is 1. The molecule has 9 nitrogen and oxygen atoms in total. The number of fused-ring (bicyclic) bond motifs is 1.